The van der Waals surface area contributed by atoms with Crippen LogP contribution in [0, 0.1) is 0 Å². The van der Waals surface area contributed by atoms with Crippen LogP contribution in [-0.4, -0.2) is 26.0 Å². The van der Waals surface area contributed by atoms with Crippen molar-refractivity contribution in [3.8, 4) is 5.75 Å². The number of amides is 1. The maximum absolute atomic E-state index is 10.9. The molecule has 0 aliphatic carbocycles. The van der Waals surface area contributed by atoms with E-state index >= 15 is 0 Å². The van der Waals surface area contributed by atoms with Gasteiger partial charge in [0.1, 0.15) is 5.75 Å². The average molecular weight is 394 g/mol. The summed E-state index contributed by atoms with van der Waals surface area (Å²) < 4.78 is 11.8. The van der Waals surface area contributed by atoms with Gasteiger partial charge < -0.3 is 9.47 Å². The van der Waals surface area contributed by atoms with Gasteiger partial charge in [-0.3, -0.25) is 0 Å². The summed E-state index contributed by atoms with van der Waals surface area (Å²) in [7, 11) is 1.27. The monoisotopic (exact) mass is 392 g/mol. The van der Waals surface area contributed by atoms with Crippen molar-refractivity contribution in [2.45, 2.75) is 13.3 Å². The Bertz CT molecular complexity index is 478. The molecule has 0 aliphatic heterocycles. The lowest BCUT2D eigenvalue weighted by atomic mass is 10.2. The predicted molar refractivity (Wildman–Crippen MR) is 80.8 cm³/mol. The highest BCUT2D eigenvalue weighted by molar-refractivity contribution is 9.11. The Morgan fingerprint density at radius 3 is 2.84 bits per heavy atom. The van der Waals surface area contributed by atoms with Crippen LogP contribution in [-0.2, 0) is 4.74 Å². The molecule has 0 fully saturated rings. The lowest BCUT2D eigenvalue weighted by Gasteiger charge is -2.11. The second kappa shape index (κ2) is 8.16. The summed E-state index contributed by atoms with van der Waals surface area (Å²) in [5.41, 5.74) is 2.97. The van der Waals surface area contributed by atoms with Crippen molar-refractivity contribution in [1.29, 1.82) is 0 Å². The van der Waals surface area contributed by atoms with Crippen molar-refractivity contribution < 1.29 is 14.3 Å². The minimum atomic E-state index is -0.624. The number of rotatable bonds is 5. The quantitative estimate of drug-likeness (QED) is 0.613. The minimum Gasteiger partial charge on any atom is -0.492 e. The Hall–Kier alpha value is -1.08. The van der Waals surface area contributed by atoms with Crippen molar-refractivity contribution in [2.75, 3.05) is 13.7 Å². The number of halogens is 2. The number of benzene rings is 1. The lowest BCUT2D eigenvalue weighted by molar-refractivity contribution is 0.171. The minimum absolute atomic E-state index is 0.603. The third-order valence-corrected chi connectivity index (χ3v) is 3.08. The number of carbonyl (C=O) groups is 1. The van der Waals surface area contributed by atoms with Crippen molar-refractivity contribution in [2.24, 2.45) is 5.10 Å². The predicted octanol–water partition coefficient (Wildman–Crippen LogP) is 3.69. The van der Waals surface area contributed by atoms with E-state index in [0.29, 0.717) is 12.4 Å². The largest absolute Gasteiger partial charge is 0.492 e. The molecule has 19 heavy (non-hydrogen) atoms. The molecule has 0 heterocycles. The molecule has 0 unspecified atom stereocenters. The molecule has 1 aromatic carbocycles. The van der Waals surface area contributed by atoms with Crippen molar-refractivity contribution >= 4 is 44.2 Å². The van der Waals surface area contributed by atoms with E-state index in [1.54, 1.807) is 0 Å². The Labute approximate surface area is 128 Å². The number of hydrazone groups is 1. The van der Waals surface area contributed by atoms with Crippen molar-refractivity contribution in [3.63, 3.8) is 0 Å². The van der Waals surface area contributed by atoms with Crippen LogP contribution in [0.3, 0.4) is 0 Å². The topological polar surface area (TPSA) is 59.9 Å². The second-order valence-electron chi connectivity index (χ2n) is 3.52. The van der Waals surface area contributed by atoms with Gasteiger partial charge in [-0.15, -0.1) is 0 Å². The van der Waals surface area contributed by atoms with E-state index in [9.17, 15) is 4.79 Å². The van der Waals surface area contributed by atoms with E-state index in [0.717, 1.165) is 20.9 Å². The van der Waals surface area contributed by atoms with Crippen LogP contribution in [0.2, 0.25) is 0 Å². The molecular formula is C12H14Br2N2O3. The number of nitrogens with zero attached hydrogens (tertiary/aromatic N) is 1. The molecule has 0 spiro atoms. The maximum Gasteiger partial charge on any atom is 0.427 e. The highest BCUT2D eigenvalue weighted by Crippen LogP contribution is 2.32. The first-order valence-corrected chi connectivity index (χ1v) is 7.16. The van der Waals surface area contributed by atoms with Gasteiger partial charge in [0.2, 0.25) is 0 Å². The fourth-order valence-corrected chi connectivity index (χ4v) is 2.61. The smallest absolute Gasteiger partial charge is 0.427 e. The highest BCUT2D eigenvalue weighted by atomic mass is 79.9. The Kier molecular flexibility index (Phi) is 6.86. The molecule has 1 amide bonds. The van der Waals surface area contributed by atoms with E-state index in [4.69, 9.17) is 4.74 Å². The molecule has 7 heteroatoms. The summed E-state index contributed by atoms with van der Waals surface area (Å²) >= 11 is 6.82. The van der Waals surface area contributed by atoms with E-state index in [-0.39, 0.29) is 0 Å². The fourth-order valence-electron chi connectivity index (χ4n) is 1.23. The first kappa shape index (κ1) is 16.0. The third kappa shape index (κ3) is 5.20. The SMILES string of the molecule is CCCOc1c(Br)cc(Br)cc1/C=N\NC(=O)OC. The summed E-state index contributed by atoms with van der Waals surface area (Å²) in [6.45, 7) is 2.63. The number of hydrogen-bond acceptors (Lipinski definition) is 4. The van der Waals surface area contributed by atoms with Crippen molar-refractivity contribution in [3.05, 3.63) is 26.6 Å². The molecule has 1 aromatic rings. The summed E-state index contributed by atoms with van der Waals surface area (Å²) in [4.78, 5) is 10.9. The van der Waals surface area contributed by atoms with Gasteiger partial charge in [0, 0.05) is 10.0 Å². The van der Waals surface area contributed by atoms with Gasteiger partial charge in [-0.05, 0) is 34.5 Å². The summed E-state index contributed by atoms with van der Waals surface area (Å²) in [5, 5.41) is 3.79. The van der Waals surface area contributed by atoms with Crippen LogP contribution >= 0.6 is 31.9 Å². The molecule has 1 N–H and O–H groups in total. The molecule has 0 saturated carbocycles. The Balaban J connectivity index is 2.93. The van der Waals surface area contributed by atoms with E-state index in [2.05, 4.69) is 47.1 Å². The number of carbonyl (C=O) groups excluding carboxylic acids is 1. The van der Waals surface area contributed by atoms with E-state index in [1.165, 1.54) is 13.3 Å². The number of hydrogen-bond donors (Lipinski definition) is 1. The fraction of sp³-hybridized carbons (Fsp3) is 0.333. The summed E-state index contributed by atoms with van der Waals surface area (Å²) in [6.07, 6.45) is 1.78. The molecule has 1 rings (SSSR count). The van der Waals surface area contributed by atoms with Crippen LogP contribution in [0.1, 0.15) is 18.9 Å². The van der Waals surface area contributed by atoms with Gasteiger partial charge >= 0.3 is 6.09 Å². The van der Waals surface area contributed by atoms with Gasteiger partial charge in [-0.2, -0.15) is 5.10 Å². The maximum atomic E-state index is 10.9. The van der Waals surface area contributed by atoms with Crippen molar-refractivity contribution in [1.82, 2.24) is 5.43 Å². The molecular weight excluding hydrogens is 380 g/mol. The van der Waals surface area contributed by atoms with Crippen LogP contribution in [0.5, 0.6) is 5.75 Å². The number of nitrogens with one attached hydrogen (secondary N) is 1. The van der Waals surface area contributed by atoms with Gasteiger partial charge in [-0.25, -0.2) is 10.2 Å². The van der Waals surface area contributed by atoms with Gasteiger partial charge in [0.05, 0.1) is 24.4 Å². The highest BCUT2D eigenvalue weighted by Gasteiger charge is 2.08. The van der Waals surface area contributed by atoms with Gasteiger partial charge in [0.15, 0.2) is 0 Å². The molecule has 0 aliphatic rings. The zero-order chi connectivity index (χ0) is 14.3. The zero-order valence-electron chi connectivity index (χ0n) is 10.6. The summed E-state index contributed by atoms with van der Waals surface area (Å²) in [6, 6.07) is 3.73. The van der Waals surface area contributed by atoms with Gasteiger partial charge in [0.25, 0.3) is 0 Å². The molecule has 0 atom stereocenters. The van der Waals surface area contributed by atoms with E-state index < -0.39 is 6.09 Å². The van der Waals surface area contributed by atoms with Crippen LogP contribution in [0.15, 0.2) is 26.2 Å². The van der Waals surface area contributed by atoms with Crippen LogP contribution in [0.4, 0.5) is 4.79 Å². The first-order valence-electron chi connectivity index (χ1n) is 5.57. The molecule has 0 bridgehead atoms. The third-order valence-electron chi connectivity index (χ3n) is 2.03. The molecule has 104 valence electrons. The molecule has 0 radical (unpaired) electrons. The number of ether oxygens (including phenoxy) is 2. The normalized spacial score (nSPS) is 10.5. The van der Waals surface area contributed by atoms with Gasteiger partial charge in [-0.1, -0.05) is 22.9 Å². The van der Waals surface area contributed by atoms with Crippen LogP contribution < -0.4 is 10.2 Å². The first-order chi connectivity index (χ1) is 9.08. The molecule has 0 aromatic heterocycles. The Morgan fingerprint density at radius 2 is 2.21 bits per heavy atom. The molecule has 5 nitrogen and oxygen atoms in total. The van der Waals surface area contributed by atoms with E-state index in [1.807, 2.05) is 19.1 Å². The summed E-state index contributed by atoms with van der Waals surface area (Å²) in [5.74, 6) is 0.681. The molecule has 0 saturated heterocycles. The standard InChI is InChI=1S/C12H14Br2N2O3/c1-3-4-19-11-8(5-9(13)6-10(11)14)7-15-16-12(17)18-2/h5-7H,3-4H2,1-2H3,(H,16,17)/b15-7-. The lowest BCUT2D eigenvalue weighted by Crippen LogP contribution is -2.16. The second-order valence-corrected chi connectivity index (χ2v) is 5.29. The van der Waals surface area contributed by atoms with Crippen LogP contribution in [0.25, 0.3) is 0 Å². The number of methoxy groups -OCH3 is 1. The Morgan fingerprint density at radius 1 is 1.47 bits per heavy atom. The average Bonchev–Trinajstić information content (AvgIpc) is 2.37. The zero-order valence-corrected chi connectivity index (χ0v) is 13.7.